The normalized spacial score (nSPS) is 10.8. The number of hydrogen-bond acceptors (Lipinski definition) is 2. The third-order valence-electron chi connectivity index (χ3n) is 2.55. The molecule has 1 aromatic rings. The van der Waals surface area contributed by atoms with Crippen LogP contribution in [0.4, 0.5) is 5.69 Å². The molecule has 14 heavy (non-hydrogen) atoms. The summed E-state index contributed by atoms with van der Waals surface area (Å²) in [5.41, 5.74) is 6.77. The van der Waals surface area contributed by atoms with Gasteiger partial charge in [0.25, 0.3) is 0 Å². The van der Waals surface area contributed by atoms with Gasteiger partial charge in [-0.25, -0.2) is 0 Å². The highest BCUT2D eigenvalue weighted by atomic mass is 32.2. The first kappa shape index (κ1) is 11.4. The van der Waals surface area contributed by atoms with E-state index in [1.165, 1.54) is 23.5 Å². The topological polar surface area (TPSA) is 26.0 Å². The van der Waals surface area contributed by atoms with Gasteiger partial charge in [0.15, 0.2) is 0 Å². The number of benzene rings is 1. The van der Waals surface area contributed by atoms with E-state index in [-0.39, 0.29) is 0 Å². The second-order valence-electron chi connectivity index (χ2n) is 3.53. The molecule has 0 saturated heterocycles. The molecule has 1 rings (SSSR count). The van der Waals surface area contributed by atoms with Crippen LogP contribution in [0.25, 0.3) is 0 Å². The Kier molecular flexibility index (Phi) is 4.88. The fourth-order valence-corrected chi connectivity index (χ4v) is 2.64. The Labute approximate surface area is 91.1 Å². The van der Waals surface area contributed by atoms with E-state index in [0.29, 0.717) is 0 Å². The molecule has 0 aliphatic carbocycles. The Bertz CT molecular complexity index is 269. The largest absolute Gasteiger partial charge is 0.398 e. The second kappa shape index (κ2) is 5.97. The van der Waals surface area contributed by atoms with Crippen molar-refractivity contribution in [1.29, 1.82) is 0 Å². The van der Waals surface area contributed by atoms with E-state index in [1.54, 1.807) is 0 Å². The lowest BCUT2D eigenvalue weighted by Gasteiger charge is -2.12. The summed E-state index contributed by atoms with van der Waals surface area (Å²) in [6, 6.07) is 8.10. The molecular weight excluding hydrogens is 190 g/mol. The fourth-order valence-electron chi connectivity index (χ4n) is 1.34. The number of nitrogen functional groups attached to an aromatic ring is 1. The van der Waals surface area contributed by atoms with Gasteiger partial charge in [0.05, 0.1) is 0 Å². The number of hydrogen-bond donors (Lipinski definition) is 1. The molecule has 0 atom stereocenters. The van der Waals surface area contributed by atoms with E-state index in [2.05, 4.69) is 19.9 Å². The number of thioether (sulfide) groups is 1. The summed E-state index contributed by atoms with van der Waals surface area (Å²) in [4.78, 5) is 1.22. The fraction of sp³-hybridized carbons (Fsp3) is 0.500. The Morgan fingerprint density at radius 2 is 1.86 bits per heavy atom. The van der Waals surface area contributed by atoms with Gasteiger partial charge in [-0.2, -0.15) is 0 Å². The highest BCUT2D eigenvalue weighted by molar-refractivity contribution is 7.99. The third kappa shape index (κ3) is 3.26. The van der Waals surface area contributed by atoms with Gasteiger partial charge < -0.3 is 5.73 Å². The highest BCUT2D eigenvalue weighted by Crippen LogP contribution is 2.27. The molecule has 78 valence electrons. The zero-order chi connectivity index (χ0) is 10.4. The maximum atomic E-state index is 5.87. The minimum Gasteiger partial charge on any atom is -0.398 e. The third-order valence-corrected chi connectivity index (χ3v) is 3.87. The maximum absolute atomic E-state index is 5.87. The molecule has 0 fully saturated rings. The van der Waals surface area contributed by atoms with Crippen molar-refractivity contribution >= 4 is 17.4 Å². The average molecular weight is 209 g/mol. The standard InChI is InChI=1S/C12H19NS/c1-3-10(4-2)9-14-12-8-6-5-7-11(12)13/h5-8,10H,3-4,9,13H2,1-2H3. The van der Waals surface area contributed by atoms with Crippen LogP contribution in [-0.4, -0.2) is 5.75 Å². The van der Waals surface area contributed by atoms with Crippen LogP contribution < -0.4 is 5.73 Å². The molecule has 0 aliphatic heterocycles. The van der Waals surface area contributed by atoms with E-state index in [4.69, 9.17) is 5.73 Å². The molecule has 0 unspecified atom stereocenters. The zero-order valence-electron chi connectivity index (χ0n) is 8.99. The smallest absolute Gasteiger partial charge is 0.0452 e. The molecule has 2 heteroatoms. The quantitative estimate of drug-likeness (QED) is 0.589. The van der Waals surface area contributed by atoms with Crippen LogP contribution in [0.15, 0.2) is 29.2 Å². The van der Waals surface area contributed by atoms with Crippen molar-refractivity contribution in [3.8, 4) is 0 Å². The van der Waals surface area contributed by atoms with E-state index in [9.17, 15) is 0 Å². The van der Waals surface area contributed by atoms with Crippen molar-refractivity contribution in [3.05, 3.63) is 24.3 Å². The van der Waals surface area contributed by atoms with Gasteiger partial charge in [-0.1, -0.05) is 38.8 Å². The number of rotatable bonds is 5. The second-order valence-corrected chi connectivity index (χ2v) is 4.59. The van der Waals surface area contributed by atoms with Crippen LogP contribution in [0.5, 0.6) is 0 Å². The van der Waals surface area contributed by atoms with Gasteiger partial charge >= 0.3 is 0 Å². The SMILES string of the molecule is CCC(CC)CSc1ccccc1N. The summed E-state index contributed by atoms with van der Waals surface area (Å²) >= 11 is 1.88. The van der Waals surface area contributed by atoms with Crippen LogP contribution in [0.3, 0.4) is 0 Å². The van der Waals surface area contributed by atoms with Gasteiger partial charge in [0.2, 0.25) is 0 Å². The number of nitrogens with two attached hydrogens (primary N) is 1. The first-order valence-electron chi connectivity index (χ1n) is 5.25. The molecule has 0 radical (unpaired) electrons. The summed E-state index contributed by atoms with van der Waals surface area (Å²) in [5, 5.41) is 0. The summed E-state index contributed by atoms with van der Waals surface area (Å²) in [7, 11) is 0. The summed E-state index contributed by atoms with van der Waals surface area (Å²) in [6.07, 6.45) is 2.52. The zero-order valence-corrected chi connectivity index (χ0v) is 9.81. The molecule has 0 bridgehead atoms. The van der Waals surface area contributed by atoms with Gasteiger partial charge in [-0.15, -0.1) is 11.8 Å². The van der Waals surface area contributed by atoms with Crippen molar-refractivity contribution in [3.63, 3.8) is 0 Å². The van der Waals surface area contributed by atoms with Gasteiger partial charge in [0.1, 0.15) is 0 Å². The summed E-state index contributed by atoms with van der Waals surface area (Å²) in [6.45, 7) is 4.51. The van der Waals surface area contributed by atoms with Gasteiger partial charge in [-0.05, 0) is 18.1 Å². The molecule has 0 spiro atoms. The lowest BCUT2D eigenvalue weighted by molar-refractivity contribution is 0.554. The van der Waals surface area contributed by atoms with Crippen LogP contribution in [0.2, 0.25) is 0 Å². The van der Waals surface area contributed by atoms with Crippen LogP contribution >= 0.6 is 11.8 Å². The molecule has 0 amide bonds. The Hall–Kier alpha value is -0.630. The molecular formula is C12H19NS. The molecule has 2 N–H and O–H groups in total. The first-order chi connectivity index (χ1) is 6.77. The van der Waals surface area contributed by atoms with Crippen molar-refractivity contribution in [2.45, 2.75) is 31.6 Å². The van der Waals surface area contributed by atoms with Crippen molar-refractivity contribution < 1.29 is 0 Å². The average Bonchev–Trinajstić information content (AvgIpc) is 2.22. The molecule has 1 aromatic carbocycles. The van der Waals surface area contributed by atoms with Crippen molar-refractivity contribution in [2.24, 2.45) is 5.92 Å². The lowest BCUT2D eigenvalue weighted by atomic mass is 10.1. The van der Waals surface area contributed by atoms with E-state index < -0.39 is 0 Å². The Morgan fingerprint density at radius 1 is 1.21 bits per heavy atom. The maximum Gasteiger partial charge on any atom is 0.0452 e. The van der Waals surface area contributed by atoms with Crippen LogP contribution in [-0.2, 0) is 0 Å². The molecule has 1 nitrogen and oxygen atoms in total. The summed E-state index contributed by atoms with van der Waals surface area (Å²) < 4.78 is 0. The number of anilines is 1. The minimum absolute atomic E-state index is 0.819. The number of para-hydroxylation sites is 1. The minimum atomic E-state index is 0.819. The lowest BCUT2D eigenvalue weighted by Crippen LogP contribution is -2.00. The molecule has 0 aliphatic rings. The predicted molar refractivity (Wildman–Crippen MR) is 65.7 cm³/mol. The van der Waals surface area contributed by atoms with Crippen LogP contribution in [0, 0.1) is 5.92 Å². The van der Waals surface area contributed by atoms with Crippen LogP contribution in [0.1, 0.15) is 26.7 Å². The van der Waals surface area contributed by atoms with E-state index in [0.717, 1.165) is 11.6 Å². The summed E-state index contributed by atoms with van der Waals surface area (Å²) in [5.74, 6) is 2.00. The Balaban J connectivity index is 2.49. The van der Waals surface area contributed by atoms with E-state index >= 15 is 0 Å². The Morgan fingerprint density at radius 3 is 2.43 bits per heavy atom. The monoisotopic (exact) mass is 209 g/mol. The molecule has 0 saturated carbocycles. The highest BCUT2D eigenvalue weighted by Gasteiger charge is 2.05. The van der Waals surface area contributed by atoms with Crippen molar-refractivity contribution in [1.82, 2.24) is 0 Å². The van der Waals surface area contributed by atoms with Gasteiger partial charge in [-0.3, -0.25) is 0 Å². The van der Waals surface area contributed by atoms with Gasteiger partial charge in [0, 0.05) is 16.3 Å². The first-order valence-corrected chi connectivity index (χ1v) is 6.23. The predicted octanol–water partition coefficient (Wildman–Crippen LogP) is 3.80. The van der Waals surface area contributed by atoms with Crippen molar-refractivity contribution in [2.75, 3.05) is 11.5 Å². The molecule has 0 aromatic heterocycles. The van der Waals surface area contributed by atoms with E-state index in [1.807, 2.05) is 30.0 Å². The molecule has 0 heterocycles.